The molecule has 1 amide bonds. The number of nitro groups is 1. The monoisotopic (exact) mass is 442 g/mol. The lowest BCUT2D eigenvalue weighted by atomic mass is 10.2. The van der Waals surface area contributed by atoms with Gasteiger partial charge in [-0.3, -0.25) is 19.3 Å². The highest BCUT2D eigenvalue weighted by Crippen LogP contribution is 2.25. The maximum absolute atomic E-state index is 13.0. The Morgan fingerprint density at radius 2 is 1.85 bits per heavy atom. The molecule has 3 aromatic heterocycles. The van der Waals surface area contributed by atoms with Gasteiger partial charge in [-0.25, -0.2) is 10.4 Å². The van der Waals surface area contributed by atoms with Gasteiger partial charge in [-0.05, 0) is 30.7 Å². The minimum Gasteiger partial charge on any atom is -0.400 e. The Hall–Kier alpha value is -4.73. The fourth-order valence-corrected chi connectivity index (χ4v) is 3.82. The lowest BCUT2D eigenvalue weighted by Crippen LogP contribution is -2.20. The van der Waals surface area contributed by atoms with Gasteiger partial charge >= 0.3 is 5.88 Å². The van der Waals surface area contributed by atoms with Gasteiger partial charge in [-0.15, -0.1) is 0 Å². The fourth-order valence-electron chi connectivity index (χ4n) is 3.82. The van der Waals surface area contributed by atoms with Gasteiger partial charge < -0.3 is 8.98 Å². The van der Waals surface area contributed by atoms with Crippen LogP contribution in [0.25, 0.3) is 16.8 Å². The van der Waals surface area contributed by atoms with E-state index in [0.29, 0.717) is 23.7 Å². The molecular weight excluding hydrogens is 424 g/mol. The molecule has 164 valence electrons. The van der Waals surface area contributed by atoms with Crippen LogP contribution >= 0.6 is 0 Å². The molecule has 0 aliphatic heterocycles. The van der Waals surface area contributed by atoms with Crippen molar-refractivity contribution in [2.24, 2.45) is 5.10 Å². The second-order valence-electron chi connectivity index (χ2n) is 7.37. The highest BCUT2D eigenvalue weighted by Gasteiger charge is 2.22. The zero-order chi connectivity index (χ0) is 22.9. The van der Waals surface area contributed by atoms with Crippen molar-refractivity contribution in [2.75, 3.05) is 0 Å². The molecule has 1 N–H and O–H groups in total. The third-order valence-corrected chi connectivity index (χ3v) is 5.24. The summed E-state index contributed by atoms with van der Waals surface area (Å²) in [6, 6.07) is 20.4. The minimum atomic E-state index is -0.645. The van der Waals surface area contributed by atoms with E-state index in [-0.39, 0.29) is 5.76 Å². The number of hydrogen-bond donors (Lipinski definition) is 1. The van der Waals surface area contributed by atoms with Crippen LogP contribution in [0, 0.1) is 17.0 Å². The molecule has 0 aliphatic carbocycles. The summed E-state index contributed by atoms with van der Waals surface area (Å²) in [5.41, 5.74) is 6.28. The Balaban J connectivity index is 1.51. The van der Waals surface area contributed by atoms with E-state index in [9.17, 15) is 14.9 Å². The first-order chi connectivity index (χ1) is 16.0. The van der Waals surface area contributed by atoms with E-state index in [4.69, 9.17) is 4.42 Å². The molecule has 2 aromatic carbocycles. The maximum Gasteiger partial charge on any atom is 0.433 e. The highest BCUT2D eigenvalue weighted by molar-refractivity contribution is 5.97. The highest BCUT2D eigenvalue weighted by atomic mass is 16.6. The average molecular weight is 442 g/mol. The number of hydrogen-bond acceptors (Lipinski definition) is 6. The summed E-state index contributed by atoms with van der Waals surface area (Å²) in [5.74, 6) is -0.0628. The molecule has 3 heterocycles. The first-order valence-electron chi connectivity index (χ1n) is 10.1. The van der Waals surface area contributed by atoms with Gasteiger partial charge in [-0.1, -0.05) is 42.5 Å². The Morgan fingerprint density at radius 1 is 1.12 bits per heavy atom. The molecule has 5 rings (SSSR count). The molecule has 0 bridgehead atoms. The number of rotatable bonds is 6. The molecule has 0 saturated carbocycles. The molecule has 33 heavy (non-hydrogen) atoms. The largest absolute Gasteiger partial charge is 0.433 e. The number of amides is 1. The number of fused-ring (bicyclic) bond motifs is 3. The summed E-state index contributed by atoms with van der Waals surface area (Å²) in [4.78, 5) is 27.8. The lowest BCUT2D eigenvalue weighted by Gasteiger charge is -2.05. The number of benzene rings is 2. The summed E-state index contributed by atoms with van der Waals surface area (Å²) in [6.07, 6.45) is 1.21. The standard InChI is InChI=1S/C23H18N6O4/c1-15-21(22(30)26-24-13-17-11-12-20(33-17)29(31)32)28-19-10-6-5-9-18(19)27(23(28)25-15)14-16-7-3-2-4-8-16/h2-13H,14H2,1H3,(H,26,30). The third kappa shape index (κ3) is 3.63. The predicted molar refractivity (Wildman–Crippen MR) is 121 cm³/mol. The van der Waals surface area contributed by atoms with Crippen LogP contribution in [0.1, 0.15) is 27.5 Å². The van der Waals surface area contributed by atoms with E-state index in [0.717, 1.165) is 16.6 Å². The van der Waals surface area contributed by atoms with Crippen LogP contribution in [-0.2, 0) is 6.54 Å². The molecular formula is C23H18N6O4. The Kier molecular flexibility index (Phi) is 4.94. The first kappa shape index (κ1) is 20.2. The molecule has 10 heteroatoms. The summed E-state index contributed by atoms with van der Waals surface area (Å²) in [5, 5.41) is 14.6. The summed E-state index contributed by atoms with van der Waals surface area (Å²) in [6.45, 7) is 2.37. The van der Waals surface area contributed by atoms with Crippen LogP contribution in [0.2, 0.25) is 0 Å². The number of aromatic nitrogens is 3. The maximum atomic E-state index is 13.0. The smallest absolute Gasteiger partial charge is 0.400 e. The van der Waals surface area contributed by atoms with Crippen molar-refractivity contribution in [1.82, 2.24) is 19.4 Å². The molecule has 0 fully saturated rings. The van der Waals surface area contributed by atoms with Gasteiger partial charge in [0.25, 0.3) is 5.91 Å². The topological polar surface area (TPSA) is 120 Å². The van der Waals surface area contributed by atoms with Crippen LogP contribution < -0.4 is 5.43 Å². The van der Waals surface area contributed by atoms with Crippen LogP contribution in [-0.4, -0.2) is 31.0 Å². The SMILES string of the molecule is Cc1nc2n(Cc3ccccc3)c3ccccc3n2c1C(=O)NN=Cc1ccc([N+](=O)[O-])o1. The second-order valence-corrected chi connectivity index (χ2v) is 7.37. The Labute approximate surface area is 186 Å². The third-order valence-electron chi connectivity index (χ3n) is 5.24. The lowest BCUT2D eigenvalue weighted by molar-refractivity contribution is -0.402. The number of imidazole rings is 2. The van der Waals surface area contributed by atoms with Gasteiger partial charge in [0.1, 0.15) is 10.6 Å². The van der Waals surface area contributed by atoms with Crippen molar-refractivity contribution in [2.45, 2.75) is 13.5 Å². The van der Waals surface area contributed by atoms with Gasteiger partial charge in [0.05, 0.1) is 35.6 Å². The van der Waals surface area contributed by atoms with Crippen molar-refractivity contribution in [1.29, 1.82) is 0 Å². The summed E-state index contributed by atoms with van der Waals surface area (Å²) in [7, 11) is 0. The normalized spacial score (nSPS) is 11.5. The Morgan fingerprint density at radius 3 is 2.58 bits per heavy atom. The molecule has 0 unspecified atom stereocenters. The van der Waals surface area contributed by atoms with Crippen LogP contribution in [0.4, 0.5) is 5.88 Å². The second kappa shape index (κ2) is 8.08. The fraction of sp³-hybridized carbons (Fsp3) is 0.0870. The van der Waals surface area contributed by atoms with Crippen LogP contribution in [0.15, 0.2) is 76.2 Å². The number of para-hydroxylation sites is 2. The van der Waals surface area contributed by atoms with E-state index in [2.05, 4.69) is 20.1 Å². The van der Waals surface area contributed by atoms with Gasteiger partial charge in [0.15, 0.2) is 5.76 Å². The number of aryl methyl sites for hydroxylation is 1. The van der Waals surface area contributed by atoms with Crippen molar-refractivity contribution in [3.8, 4) is 0 Å². The minimum absolute atomic E-state index is 0.150. The quantitative estimate of drug-likeness (QED) is 0.243. The number of carbonyl (C=O) groups excluding carboxylic acids is 1. The van der Waals surface area contributed by atoms with E-state index in [1.807, 2.05) is 59.0 Å². The van der Waals surface area contributed by atoms with E-state index >= 15 is 0 Å². The molecule has 0 spiro atoms. The van der Waals surface area contributed by atoms with Gasteiger partial charge in [-0.2, -0.15) is 5.10 Å². The van der Waals surface area contributed by atoms with Crippen molar-refractivity contribution in [3.63, 3.8) is 0 Å². The number of nitrogens with zero attached hydrogens (tertiary/aromatic N) is 5. The summed E-state index contributed by atoms with van der Waals surface area (Å²) < 4.78 is 8.89. The first-order valence-corrected chi connectivity index (χ1v) is 10.1. The number of furan rings is 1. The molecule has 5 aromatic rings. The van der Waals surface area contributed by atoms with Crippen molar-refractivity contribution >= 4 is 34.8 Å². The average Bonchev–Trinajstić information content (AvgIpc) is 3.49. The van der Waals surface area contributed by atoms with E-state index < -0.39 is 16.7 Å². The summed E-state index contributed by atoms with van der Waals surface area (Å²) >= 11 is 0. The van der Waals surface area contributed by atoms with Gasteiger partial charge in [0, 0.05) is 0 Å². The molecule has 0 aliphatic rings. The zero-order valence-corrected chi connectivity index (χ0v) is 17.5. The Bertz CT molecular complexity index is 1530. The zero-order valence-electron chi connectivity index (χ0n) is 17.5. The van der Waals surface area contributed by atoms with E-state index in [1.165, 1.54) is 18.3 Å². The van der Waals surface area contributed by atoms with Crippen molar-refractivity contribution < 1.29 is 14.1 Å². The van der Waals surface area contributed by atoms with Crippen LogP contribution in [0.3, 0.4) is 0 Å². The molecule has 0 radical (unpaired) electrons. The number of nitrogens with one attached hydrogen (secondary N) is 1. The number of carbonyl (C=O) groups is 1. The van der Waals surface area contributed by atoms with E-state index in [1.54, 1.807) is 6.92 Å². The predicted octanol–water partition coefficient (Wildman–Crippen LogP) is 3.91. The van der Waals surface area contributed by atoms with Crippen LogP contribution in [0.5, 0.6) is 0 Å². The van der Waals surface area contributed by atoms with Gasteiger partial charge in [0.2, 0.25) is 5.78 Å². The molecule has 0 atom stereocenters. The van der Waals surface area contributed by atoms with Crippen molar-refractivity contribution in [3.05, 3.63) is 99.6 Å². The number of hydrazone groups is 1. The molecule has 10 nitrogen and oxygen atoms in total. The molecule has 0 saturated heterocycles.